The van der Waals surface area contributed by atoms with Crippen LogP contribution in [0.3, 0.4) is 0 Å². The van der Waals surface area contributed by atoms with Gasteiger partial charge in [0.15, 0.2) is 0 Å². The Balaban J connectivity index is 3.07. The lowest BCUT2D eigenvalue weighted by Crippen LogP contribution is -2.07. The van der Waals surface area contributed by atoms with Crippen molar-refractivity contribution >= 4 is 0 Å². The molecule has 0 aromatic carbocycles. The first-order valence-corrected chi connectivity index (χ1v) is 5.45. The summed E-state index contributed by atoms with van der Waals surface area (Å²) < 4.78 is 10.6. The summed E-state index contributed by atoms with van der Waals surface area (Å²) in [6.45, 7) is 3.18. The second kappa shape index (κ2) is 6.45. The Bertz CT molecular complexity index is 340. The van der Waals surface area contributed by atoms with Crippen molar-refractivity contribution in [2.75, 3.05) is 20.8 Å². The lowest BCUT2D eigenvalue weighted by atomic mass is 10.0. The summed E-state index contributed by atoms with van der Waals surface area (Å²) in [5.41, 5.74) is 8.70. The number of hydrogen-bond acceptors (Lipinski definition) is 4. The minimum atomic E-state index is 0.559. The van der Waals surface area contributed by atoms with Crippen molar-refractivity contribution in [1.29, 1.82) is 0 Å². The van der Waals surface area contributed by atoms with Gasteiger partial charge in [-0.2, -0.15) is 0 Å². The molecule has 0 atom stereocenters. The normalized spacial score (nSPS) is 10.5. The van der Waals surface area contributed by atoms with Crippen LogP contribution >= 0.6 is 0 Å². The smallest absolute Gasteiger partial charge is 0.143 e. The van der Waals surface area contributed by atoms with E-state index >= 15 is 0 Å². The molecule has 0 aliphatic rings. The Morgan fingerprint density at radius 2 is 2.12 bits per heavy atom. The van der Waals surface area contributed by atoms with Gasteiger partial charge in [0.05, 0.1) is 19.4 Å². The third-order valence-electron chi connectivity index (χ3n) is 2.54. The number of rotatable bonds is 6. The standard InChI is InChI=1S/C12H20N2O2/c1-9-12(16-3)11(5-4-6-13)10(7-14-9)8-15-2/h7H,4-6,8,13H2,1-3H3. The zero-order valence-electron chi connectivity index (χ0n) is 10.2. The first-order chi connectivity index (χ1) is 7.74. The first-order valence-electron chi connectivity index (χ1n) is 5.45. The molecule has 0 bridgehead atoms. The van der Waals surface area contributed by atoms with Crippen molar-refractivity contribution in [3.63, 3.8) is 0 Å². The quantitative estimate of drug-likeness (QED) is 0.794. The van der Waals surface area contributed by atoms with Crippen molar-refractivity contribution in [1.82, 2.24) is 4.98 Å². The van der Waals surface area contributed by atoms with Gasteiger partial charge < -0.3 is 15.2 Å². The minimum absolute atomic E-state index is 0.559. The third kappa shape index (κ3) is 2.93. The maximum absolute atomic E-state index is 5.54. The molecule has 4 nitrogen and oxygen atoms in total. The second-order valence-corrected chi connectivity index (χ2v) is 3.71. The zero-order chi connectivity index (χ0) is 12.0. The molecule has 1 rings (SSSR count). The predicted molar refractivity (Wildman–Crippen MR) is 63.6 cm³/mol. The Morgan fingerprint density at radius 1 is 1.38 bits per heavy atom. The van der Waals surface area contributed by atoms with E-state index in [1.54, 1.807) is 14.2 Å². The third-order valence-corrected chi connectivity index (χ3v) is 2.54. The molecule has 4 heteroatoms. The van der Waals surface area contributed by atoms with Gasteiger partial charge in [0, 0.05) is 24.4 Å². The monoisotopic (exact) mass is 224 g/mol. The Labute approximate surface area is 96.8 Å². The summed E-state index contributed by atoms with van der Waals surface area (Å²) in [6, 6.07) is 0. The molecule has 0 radical (unpaired) electrons. The van der Waals surface area contributed by atoms with E-state index in [-0.39, 0.29) is 0 Å². The van der Waals surface area contributed by atoms with Crippen LogP contribution in [0.25, 0.3) is 0 Å². The van der Waals surface area contributed by atoms with Gasteiger partial charge in [-0.1, -0.05) is 0 Å². The molecule has 0 aliphatic carbocycles. The summed E-state index contributed by atoms with van der Waals surface area (Å²) in [6.07, 6.45) is 3.70. The molecule has 1 heterocycles. The molecular formula is C12H20N2O2. The first kappa shape index (κ1) is 12.9. The zero-order valence-corrected chi connectivity index (χ0v) is 10.2. The van der Waals surface area contributed by atoms with Crippen LogP contribution in [0.5, 0.6) is 5.75 Å². The highest BCUT2D eigenvalue weighted by atomic mass is 16.5. The maximum atomic E-state index is 5.54. The summed E-state index contributed by atoms with van der Waals surface area (Å²) in [4.78, 5) is 4.30. The number of nitrogens with two attached hydrogens (primary N) is 1. The van der Waals surface area contributed by atoms with E-state index in [4.69, 9.17) is 15.2 Å². The van der Waals surface area contributed by atoms with E-state index < -0.39 is 0 Å². The van der Waals surface area contributed by atoms with Crippen LogP contribution in [0.1, 0.15) is 23.2 Å². The van der Waals surface area contributed by atoms with Gasteiger partial charge >= 0.3 is 0 Å². The summed E-state index contributed by atoms with van der Waals surface area (Å²) in [7, 11) is 3.35. The lowest BCUT2D eigenvalue weighted by molar-refractivity contribution is 0.183. The van der Waals surface area contributed by atoms with Gasteiger partial charge in [-0.3, -0.25) is 4.98 Å². The molecule has 0 saturated heterocycles. The van der Waals surface area contributed by atoms with E-state index in [0.29, 0.717) is 13.2 Å². The Morgan fingerprint density at radius 3 is 2.69 bits per heavy atom. The van der Waals surface area contributed by atoms with Crippen molar-refractivity contribution < 1.29 is 9.47 Å². The fourth-order valence-electron chi connectivity index (χ4n) is 1.78. The molecule has 1 aromatic rings. The highest BCUT2D eigenvalue weighted by molar-refractivity contribution is 5.41. The molecule has 0 fully saturated rings. The number of hydrogen-bond donors (Lipinski definition) is 1. The molecule has 0 unspecified atom stereocenters. The highest BCUT2D eigenvalue weighted by Gasteiger charge is 2.12. The molecule has 90 valence electrons. The Kier molecular flexibility index (Phi) is 5.22. The van der Waals surface area contributed by atoms with Gasteiger partial charge in [0.2, 0.25) is 0 Å². The average molecular weight is 224 g/mol. The van der Waals surface area contributed by atoms with Crippen LogP contribution in [0, 0.1) is 6.92 Å². The van der Waals surface area contributed by atoms with Crippen molar-refractivity contribution in [3.8, 4) is 5.75 Å². The molecule has 1 aromatic heterocycles. The van der Waals surface area contributed by atoms with Gasteiger partial charge in [-0.15, -0.1) is 0 Å². The fourth-order valence-corrected chi connectivity index (χ4v) is 1.78. The number of nitrogens with zero attached hydrogens (tertiary/aromatic N) is 1. The van der Waals surface area contributed by atoms with Crippen molar-refractivity contribution in [2.45, 2.75) is 26.4 Å². The van der Waals surface area contributed by atoms with Gasteiger partial charge in [0.1, 0.15) is 5.75 Å². The van der Waals surface area contributed by atoms with Crippen molar-refractivity contribution in [3.05, 3.63) is 23.0 Å². The molecular weight excluding hydrogens is 204 g/mol. The van der Waals surface area contributed by atoms with E-state index in [1.165, 1.54) is 5.56 Å². The van der Waals surface area contributed by atoms with E-state index in [9.17, 15) is 0 Å². The predicted octanol–water partition coefficient (Wildman–Crippen LogP) is 1.44. The topological polar surface area (TPSA) is 57.4 Å². The number of methoxy groups -OCH3 is 2. The average Bonchev–Trinajstić information content (AvgIpc) is 2.29. The molecule has 0 spiro atoms. The van der Waals surface area contributed by atoms with Gasteiger partial charge in [-0.25, -0.2) is 0 Å². The number of pyridine rings is 1. The number of aromatic nitrogens is 1. The maximum Gasteiger partial charge on any atom is 0.143 e. The summed E-state index contributed by atoms with van der Waals surface area (Å²) in [5, 5.41) is 0. The highest BCUT2D eigenvalue weighted by Crippen LogP contribution is 2.26. The van der Waals surface area contributed by atoms with E-state index in [2.05, 4.69) is 4.98 Å². The molecule has 0 aliphatic heterocycles. The number of aryl methyl sites for hydroxylation is 1. The largest absolute Gasteiger partial charge is 0.495 e. The lowest BCUT2D eigenvalue weighted by Gasteiger charge is -2.14. The van der Waals surface area contributed by atoms with Crippen LogP contribution in [0.2, 0.25) is 0 Å². The molecule has 0 amide bonds. The van der Waals surface area contributed by atoms with Crippen LogP contribution in [0.15, 0.2) is 6.20 Å². The van der Waals surface area contributed by atoms with Crippen LogP contribution < -0.4 is 10.5 Å². The molecule has 0 saturated carbocycles. The van der Waals surface area contributed by atoms with E-state index in [1.807, 2.05) is 13.1 Å². The molecule has 2 N–H and O–H groups in total. The van der Waals surface area contributed by atoms with Crippen LogP contribution in [-0.4, -0.2) is 25.7 Å². The molecule has 16 heavy (non-hydrogen) atoms. The van der Waals surface area contributed by atoms with Crippen LogP contribution in [0.4, 0.5) is 0 Å². The fraction of sp³-hybridized carbons (Fsp3) is 0.583. The summed E-state index contributed by atoms with van der Waals surface area (Å²) >= 11 is 0. The SMILES string of the molecule is COCc1cnc(C)c(OC)c1CCCN. The summed E-state index contributed by atoms with van der Waals surface area (Å²) in [5.74, 6) is 0.864. The minimum Gasteiger partial charge on any atom is -0.495 e. The second-order valence-electron chi connectivity index (χ2n) is 3.71. The van der Waals surface area contributed by atoms with Gasteiger partial charge in [-0.05, 0) is 26.3 Å². The van der Waals surface area contributed by atoms with Crippen LogP contribution in [-0.2, 0) is 17.8 Å². The number of ether oxygens (including phenoxy) is 2. The van der Waals surface area contributed by atoms with Crippen molar-refractivity contribution in [2.24, 2.45) is 5.73 Å². The van der Waals surface area contributed by atoms with E-state index in [0.717, 1.165) is 29.8 Å². The Hall–Kier alpha value is -1.13. The van der Waals surface area contributed by atoms with Gasteiger partial charge in [0.25, 0.3) is 0 Å².